The number of hydrogen-bond donors (Lipinski definition) is 2. The molecular weight excluding hydrogens is 839 g/mol. The first-order valence-corrected chi connectivity index (χ1v) is 21.7. The number of benzene rings is 3. The third-order valence-corrected chi connectivity index (χ3v) is 10.3. The number of aromatic nitrogens is 1. The van der Waals surface area contributed by atoms with Gasteiger partial charge in [0, 0.05) is 31.7 Å². The van der Waals surface area contributed by atoms with Crippen LogP contribution in [0.5, 0.6) is 11.5 Å². The molecule has 4 aromatic rings. The van der Waals surface area contributed by atoms with Gasteiger partial charge in [0.25, 0.3) is 0 Å². The normalized spacial score (nSPS) is 12.8. The van der Waals surface area contributed by atoms with Crippen molar-refractivity contribution in [3.63, 3.8) is 0 Å². The van der Waals surface area contributed by atoms with E-state index in [9.17, 15) is 33.1 Å². The monoisotopic (exact) mass is 904 g/mol. The van der Waals surface area contributed by atoms with Crippen LogP contribution >= 0.6 is 0 Å². The van der Waals surface area contributed by atoms with E-state index in [0.717, 1.165) is 35.7 Å². The van der Waals surface area contributed by atoms with Crippen LogP contribution < -0.4 is 15.0 Å². The minimum absolute atomic E-state index is 0. The van der Waals surface area contributed by atoms with Gasteiger partial charge in [0.1, 0.15) is 18.0 Å². The van der Waals surface area contributed by atoms with Gasteiger partial charge in [-0.05, 0) is 126 Å². The molecule has 0 bridgehead atoms. The molecule has 354 valence electrons. The average Bonchev–Trinajstić information content (AvgIpc) is 3.26. The van der Waals surface area contributed by atoms with E-state index in [2.05, 4.69) is 5.32 Å². The van der Waals surface area contributed by atoms with Gasteiger partial charge in [-0.1, -0.05) is 56.0 Å². The number of esters is 2. The molecule has 13 nitrogen and oxygen atoms in total. The Labute approximate surface area is 382 Å². The molecule has 1 aromatic heterocycles. The Hall–Kier alpha value is -6.09. The predicted molar refractivity (Wildman–Crippen MR) is 245 cm³/mol. The molecule has 2 N–H and O–H groups in total. The Morgan fingerprint density at radius 1 is 0.877 bits per heavy atom. The number of aryl methyl sites for hydroxylation is 2. The molecule has 0 radical (unpaired) electrons. The number of carbonyl (C=O) groups excluding carboxylic acids is 4. The smallest absolute Gasteiger partial charge is 0.416 e. The van der Waals surface area contributed by atoms with Crippen LogP contribution in [0.4, 0.5) is 19.4 Å². The third-order valence-electron chi connectivity index (χ3n) is 10.3. The molecular formula is C50H66F2N4O9. The summed E-state index contributed by atoms with van der Waals surface area (Å²) in [5.41, 5.74) is 3.28. The summed E-state index contributed by atoms with van der Waals surface area (Å²) in [6, 6.07) is 21.1. The van der Waals surface area contributed by atoms with Crippen LogP contribution in [0, 0.1) is 11.6 Å². The van der Waals surface area contributed by atoms with Crippen molar-refractivity contribution < 1.29 is 52.0 Å². The Morgan fingerprint density at radius 3 is 2.17 bits per heavy atom. The number of nitrogens with zero attached hydrogens (tertiary/aromatic N) is 3. The predicted octanol–water partition coefficient (Wildman–Crippen LogP) is 9.73. The van der Waals surface area contributed by atoms with E-state index in [1.807, 2.05) is 63.2 Å². The minimum Gasteiger partial charge on any atom is -0.505 e. The summed E-state index contributed by atoms with van der Waals surface area (Å²) < 4.78 is 49.4. The van der Waals surface area contributed by atoms with E-state index in [1.165, 1.54) is 23.1 Å². The number of hydrogen-bond acceptors (Lipinski definition) is 11. The summed E-state index contributed by atoms with van der Waals surface area (Å²) in [7, 11) is 3.30. The largest absolute Gasteiger partial charge is 0.505 e. The highest BCUT2D eigenvalue weighted by molar-refractivity contribution is 5.88. The zero-order valence-electron chi connectivity index (χ0n) is 38.0. The van der Waals surface area contributed by atoms with Gasteiger partial charge >= 0.3 is 18.0 Å². The lowest BCUT2D eigenvalue weighted by Gasteiger charge is -2.31. The SMILES string of the molecule is C.CCOC(=O)C[C@@H](c1ccc(O)c(F)c1)N(C)C(=O)CCCCc1ccc2c(n1)N(C(=O)OC(C)(C)C)CCC2.CCOC(=O)C[C@H](NC)c1ccc(OCc2ccccc2)c(F)c1. The molecule has 2 atom stereocenters. The Kier molecular flexibility index (Phi) is 21.3. The van der Waals surface area contributed by atoms with E-state index in [1.54, 1.807) is 45.0 Å². The molecule has 1 aliphatic heterocycles. The van der Waals surface area contributed by atoms with Crippen LogP contribution in [0.2, 0.25) is 0 Å². The third kappa shape index (κ3) is 16.8. The van der Waals surface area contributed by atoms with Gasteiger partial charge in [-0.3, -0.25) is 19.3 Å². The van der Waals surface area contributed by atoms with Crippen LogP contribution in [0.1, 0.15) is 121 Å². The number of carbonyl (C=O) groups is 4. The number of nitrogens with one attached hydrogen (secondary N) is 1. The second-order valence-electron chi connectivity index (χ2n) is 16.3. The molecule has 2 heterocycles. The summed E-state index contributed by atoms with van der Waals surface area (Å²) >= 11 is 0. The van der Waals surface area contributed by atoms with Crippen LogP contribution in [-0.2, 0) is 48.0 Å². The van der Waals surface area contributed by atoms with E-state index in [-0.39, 0.29) is 57.0 Å². The maximum atomic E-state index is 14.3. The number of phenolic OH excluding ortho intramolecular Hbond substituents is 1. The number of ether oxygens (including phenoxy) is 4. The zero-order valence-corrected chi connectivity index (χ0v) is 38.0. The molecule has 2 amide bonds. The van der Waals surface area contributed by atoms with Crippen molar-refractivity contribution in [2.24, 2.45) is 0 Å². The first-order chi connectivity index (χ1) is 30.5. The summed E-state index contributed by atoms with van der Waals surface area (Å²) in [4.78, 5) is 57.4. The number of fused-ring (bicyclic) bond motifs is 1. The average molecular weight is 905 g/mol. The van der Waals surface area contributed by atoms with E-state index < -0.39 is 41.1 Å². The molecule has 0 saturated heterocycles. The van der Waals surface area contributed by atoms with Gasteiger partial charge in [0.05, 0.1) is 32.1 Å². The number of anilines is 1. The minimum atomic E-state index is -0.824. The van der Waals surface area contributed by atoms with Crippen LogP contribution in [0.25, 0.3) is 0 Å². The summed E-state index contributed by atoms with van der Waals surface area (Å²) in [5, 5.41) is 12.6. The van der Waals surface area contributed by atoms with Gasteiger partial charge in [0.15, 0.2) is 23.1 Å². The van der Waals surface area contributed by atoms with Crippen LogP contribution in [-0.4, -0.2) is 78.4 Å². The Morgan fingerprint density at radius 2 is 1.54 bits per heavy atom. The molecule has 0 spiro atoms. The van der Waals surface area contributed by atoms with E-state index in [0.29, 0.717) is 56.0 Å². The first kappa shape index (κ1) is 53.2. The second-order valence-corrected chi connectivity index (χ2v) is 16.3. The zero-order chi connectivity index (χ0) is 46.8. The van der Waals surface area contributed by atoms with Crippen molar-refractivity contribution in [3.8, 4) is 11.5 Å². The molecule has 5 rings (SSSR count). The molecule has 0 aliphatic carbocycles. The van der Waals surface area contributed by atoms with Gasteiger partial charge in [-0.25, -0.2) is 18.6 Å². The summed E-state index contributed by atoms with van der Waals surface area (Å²) in [5.74, 6) is -1.97. The highest BCUT2D eigenvalue weighted by Crippen LogP contribution is 2.30. The number of pyridine rings is 1. The maximum absolute atomic E-state index is 14.3. The second kappa shape index (κ2) is 26.0. The molecule has 1 aliphatic rings. The summed E-state index contributed by atoms with van der Waals surface area (Å²) in [6.45, 7) is 10.3. The van der Waals surface area contributed by atoms with Crippen molar-refractivity contribution in [1.82, 2.24) is 15.2 Å². The fourth-order valence-electron chi connectivity index (χ4n) is 6.99. The molecule has 65 heavy (non-hydrogen) atoms. The molecule has 0 saturated carbocycles. The molecule has 0 fully saturated rings. The lowest BCUT2D eigenvalue weighted by Crippen LogP contribution is -2.40. The topological polar surface area (TPSA) is 157 Å². The fourth-order valence-corrected chi connectivity index (χ4v) is 6.99. The first-order valence-electron chi connectivity index (χ1n) is 21.7. The van der Waals surface area contributed by atoms with Crippen molar-refractivity contribution in [1.29, 1.82) is 0 Å². The Bertz CT molecular complexity index is 2170. The number of aromatic hydroxyl groups is 1. The van der Waals surface area contributed by atoms with Crippen LogP contribution in [0.3, 0.4) is 0 Å². The van der Waals surface area contributed by atoms with Crippen molar-refractivity contribution >= 4 is 29.8 Å². The highest BCUT2D eigenvalue weighted by Gasteiger charge is 2.29. The lowest BCUT2D eigenvalue weighted by molar-refractivity contribution is -0.146. The van der Waals surface area contributed by atoms with Gasteiger partial charge < -0.3 is 34.3 Å². The number of rotatable bonds is 18. The summed E-state index contributed by atoms with van der Waals surface area (Å²) in [6.07, 6.45) is 3.42. The standard InChI is InChI=1S/C30H40FN3O6.C19H22FNO3.CH4/c1-6-39-27(37)19-24(21-14-16-25(35)23(31)18-21)33(5)26(36)12-8-7-11-22-15-13-20-10-9-17-34(28(20)32-22)29(38)40-30(2,3)4;1-3-23-19(22)12-17(21-2)15-9-10-18(16(20)11-15)24-13-14-7-5-4-6-8-14;/h13-16,18,24,35H,6-12,17,19H2,1-5H3;4-11,17,21H,3,12-13H2,1-2H3;1H4/t24-;17-;/m00./s1. The fraction of sp³-hybridized carbons (Fsp3) is 0.460. The van der Waals surface area contributed by atoms with Crippen LogP contribution in [0.15, 0.2) is 78.9 Å². The number of phenols is 1. The molecule has 15 heteroatoms. The molecule has 3 aromatic carbocycles. The quantitative estimate of drug-likeness (QED) is 0.0557. The van der Waals surface area contributed by atoms with Crippen molar-refractivity contribution in [2.45, 2.75) is 118 Å². The van der Waals surface area contributed by atoms with E-state index >= 15 is 0 Å². The number of amides is 2. The van der Waals surface area contributed by atoms with Gasteiger partial charge in [-0.15, -0.1) is 0 Å². The maximum Gasteiger partial charge on any atom is 0.416 e. The van der Waals surface area contributed by atoms with E-state index in [4.69, 9.17) is 23.9 Å². The molecule has 0 unspecified atom stereocenters. The Balaban J connectivity index is 0.000000384. The van der Waals surface area contributed by atoms with Gasteiger partial charge in [0.2, 0.25) is 5.91 Å². The van der Waals surface area contributed by atoms with Crippen molar-refractivity contribution in [2.75, 3.05) is 38.8 Å². The lowest BCUT2D eigenvalue weighted by atomic mass is 10.0. The highest BCUT2D eigenvalue weighted by atomic mass is 19.1. The number of halogens is 2. The number of unbranched alkanes of at least 4 members (excludes halogenated alkanes) is 1. The van der Waals surface area contributed by atoms with Crippen molar-refractivity contribution in [3.05, 3.63) is 118 Å². The van der Waals surface area contributed by atoms with Gasteiger partial charge in [-0.2, -0.15) is 0 Å².